The highest BCUT2D eigenvalue weighted by Gasteiger charge is 2.09. The van der Waals surface area contributed by atoms with Crippen LogP contribution in [-0.2, 0) is 6.54 Å². The van der Waals surface area contributed by atoms with Crippen molar-refractivity contribution in [2.45, 2.75) is 46.7 Å². The fourth-order valence-corrected chi connectivity index (χ4v) is 1.89. The van der Waals surface area contributed by atoms with Crippen molar-refractivity contribution in [3.8, 4) is 5.69 Å². The number of nitrogens with zero attached hydrogens (tertiary/aromatic N) is 3. The van der Waals surface area contributed by atoms with Crippen molar-refractivity contribution in [2.75, 3.05) is 0 Å². The Morgan fingerprint density at radius 1 is 1.11 bits per heavy atom. The zero-order valence-electron chi connectivity index (χ0n) is 12.4. The predicted octanol–water partition coefficient (Wildman–Crippen LogP) is 2.77. The highest BCUT2D eigenvalue weighted by atomic mass is 15.3. The van der Waals surface area contributed by atoms with Crippen LogP contribution in [0.15, 0.2) is 24.3 Å². The van der Waals surface area contributed by atoms with Gasteiger partial charge in [-0.1, -0.05) is 12.1 Å². The maximum atomic E-state index is 4.39. The Hall–Kier alpha value is -1.68. The molecule has 0 spiro atoms. The van der Waals surface area contributed by atoms with E-state index in [1.54, 1.807) is 0 Å². The molecular weight excluding hydrogens is 236 g/mol. The molecule has 102 valence electrons. The average Bonchev–Trinajstić information content (AvgIpc) is 2.66. The number of hydrogen-bond acceptors (Lipinski definition) is 3. The lowest BCUT2D eigenvalue weighted by molar-refractivity contribution is 0.424. The third kappa shape index (κ3) is 3.64. The summed E-state index contributed by atoms with van der Waals surface area (Å²) in [4.78, 5) is 4.32. The van der Waals surface area contributed by atoms with Crippen molar-refractivity contribution < 1.29 is 0 Å². The van der Waals surface area contributed by atoms with Crippen molar-refractivity contribution in [3.63, 3.8) is 0 Å². The normalized spacial score (nSPS) is 11.8. The maximum Gasteiger partial charge on any atom is 0.148 e. The minimum absolute atomic E-state index is 0.137. The van der Waals surface area contributed by atoms with Crippen LogP contribution in [0.3, 0.4) is 0 Å². The van der Waals surface area contributed by atoms with Crippen LogP contribution in [0.25, 0.3) is 5.69 Å². The molecule has 1 aromatic heterocycles. The van der Waals surface area contributed by atoms with Crippen LogP contribution in [0.5, 0.6) is 0 Å². The van der Waals surface area contributed by atoms with Crippen LogP contribution in [0.1, 0.15) is 38.0 Å². The van der Waals surface area contributed by atoms with Crippen molar-refractivity contribution in [2.24, 2.45) is 0 Å². The lowest BCUT2D eigenvalue weighted by Gasteiger charge is -2.20. The van der Waals surface area contributed by atoms with Crippen LogP contribution >= 0.6 is 0 Å². The number of aromatic nitrogens is 3. The molecule has 2 aromatic rings. The van der Waals surface area contributed by atoms with Gasteiger partial charge in [0.05, 0.1) is 5.69 Å². The molecule has 0 amide bonds. The Morgan fingerprint density at radius 2 is 1.74 bits per heavy atom. The van der Waals surface area contributed by atoms with E-state index in [-0.39, 0.29) is 5.54 Å². The standard InChI is InChI=1S/C15H22N4/c1-11-17-12(2)19(18-11)14-8-6-13(7-9-14)10-16-15(3,4)5/h6-9,16H,10H2,1-5H3. The van der Waals surface area contributed by atoms with Crippen LogP contribution in [0.4, 0.5) is 0 Å². The highest BCUT2D eigenvalue weighted by Crippen LogP contribution is 2.12. The van der Waals surface area contributed by atoms with Gasteiger partial charge in [-0.2, -0.15) is 5.10 Å². The van der Waals surface area contributed by atoms with Gasteiger partial charge in [0.25, 0.3) is 0 Å². The Bertz CT molecular complexity index is 547. The lowest BCUT2D eigenvalue weighted by Crippen LogP contribution is -2.35. The highest BCUT2D eigenvalue weighted by molar-refractivity contribution is 5.34. The molecule has 0 radical (unpaired) electrons. The molecule has 0 aliphatic heterocycles. The van der Waals surface area contributed by atoms with Gasteiger partial charge in [0.15, 0.2) is 0 Å². The fourth-order valence-electron chi connectivity index (χ4n) is 1.89. The summed E-state index contributed by atoms with van der Waals surface area (Å²) in [6, 6.07) is 8.43. The fraction of sp³-hybridized carbons (Fsp3) is 0.467. The Morgan fingerprint density at radius 3 is 2.21 bits per heavy atom. The Kier molecular flexibility index (Phi) is 3.71. The van der Waals surface area contributed by atoms with Gasteiger partial charge < -0.3 is 5.32 Å². The van der Waals surface area contributed by atoms with E-state index in [9.17, 15) is 0 Å². The number of hydrogen-bond donors (Lipinski definition) is 1. The molecular formula is C15H22N4. The summed E-state index contributed by atoms with van der Waals surface area (Å²) >= 11 is 0. The van der Waals surface area contributed by atoms with E-state index in [0.29, 0.717) is 0 Å². The first kappa shape index (κ1) is 13.7. The molecule has 1 heterocycles. The van der Waals surface area contributed by atoms with Gasteiger partial charge >= 0.3 is 0 Å². The van der Waals surface area contributed by atoms with Gasteiger partial charge in [-0.25, -0.2) is 9.67 Å². The van der Waals surface area contributed by atoms with Crippen molar-refractivity contribution in [1.29, 1.82) is 0 Å². The second-order valence-corrected chi connectivity index (χ2v) is 5.89. The smallest absolute Gasteiger partial charge is 0.148 e. The van der Waals surface area contributed by atoms with Gasteiger partial charge in [-0.05, 0) is 52.3 Å². The molecule has 0 fully saturated rings. The van der Waals surface area contributed by atoms with Crippen molar-refractivity contribution in [3.05, 3.63) is 41.5 Å². The summed E-state index contributed by atoms with van der Waals surface area (Å²) < 4.78 is 1.87. The Labute approximate surface area is 114 Å². The van der Waals surface area contributed by atoms with Gasteiger partial charge in [0.2, 0.25) is 0 Å². The summed E-state index contributed by atoms with van der Waals surface area (Å²) in [6.45, 7) is 11.3. The van der Waals surface area contributed by atoms with Crippen LogP contribution in [-0.4, -0.2) is 20.3 Å². The molecule has 1 N–H and O–H groups in total. The first-order valence-electron chi connectivity index (χ1n) is 6.60. The molecule has 19 heavy (non-hydrogen) atoms. The largest absolute Gasteiger partial charge is 0.308 e. The van der Waals surface area contributed by atoms with E-state index in [2.05, 4.69) is 60.4 Å². The van der Waals surface area contributed by atoms with Crippen molar-refractivity contribution in [1.82, 2.24) is 20.1 Å². The van der Waals surface area contributed by atoms with Crippen molar-refractivity contribution >= 4 is 0 Å². The molecule has 4 heteroatoms. The number of rotatable bonds is 3. The molecule has 1 aromatic carbocycles. The lowest BCUT2D eigenvalue weighted by atomic mass is 10.1. The van der Waals surface area contributed by atoms with Gasteiger partial charge in [-0.3, -0.25) is 0 Å². The number of aryl methyl sites for hydroxylation is 2. The second-order valence-electron chi connectivity index (χ2n) is 5.89. The summed E-state index contributed by atoms with van der Waals surface area (Å²) in [6.07, 6.45) is 0. The maximum absolute atomic E-state index is 4.39. The molecule has 0 atom stereocenters. The first-order valence-corrected chi connectivity index (χ1v) is 6.60. The predicted molar refractivity (Wildman–Crippen MR) is 77.4 cm³/mol. The van der Waals surface area contributed by atoms with E-state index in [1.807, 2.05) is 18.5 Å². The van der Waals surface area contributed by atoms with Gasteiger partial charge in [-0.15, -0.1) is 0 Å². The number of benzene rings is 1. The summed E-state index contributed by atoms with van der Waals surface area (Å²) in [5.74, 6) is 1.72. The zero-order chi connectivity index (χ0) is 14.0. The van der Waals surface area contributed by atoms with E-state index in [4.69, 9.17) is 0 Å². The number of nitrogens with one attached hydrogen (secondary N) is 1. The SMILES string of the molecule is Cc1nc(C)n(-c2ccc(CNC(C)(C)C)cc2)n1. The van der Waals surface area contributed by atoms with Gasteiger partial charge in [0, 0.05) is 12.1 Å². The zero-order valence-corrected chi connectivity index (χ0v) is 12.4. The first-order chi connectivity index (χ1) is 8.85. The molecule has 4 nitrogen and oxygen atoms in total. The minimum atomic E-state index is 0.137. The van der Waals surface area contributed by atoms with Crippen LogP contribution in [0.2, 0.25) is 0 Å². The molecule has 0 saturated carbocycles. The van der Waals surface area contributed by atoms with E-state index >= 15 is 0 Å². The second kappa shape index (κ2) is 5.13. The minimum Gasteiger partial charge on any atom is -0.308 e. The third-order valence-corrected chi connectivity index (χ3v) is 2.88. The summed E-state index contributed by atoms with van der Waals surface area (Å²) in [5.41, 5.74) is 2.46. The van der Waals surface area contributed by atoms with E-state index in [1.165, 1.54) is 5.56 Å². The summed E-state index contributed by atoms with van der Waals surface area (Å²) in [7, 11) is 0. The topological polar surface area (TPSA) is 42.7 Å². The Balaban J connectivity index is 2.12. The molecule has 0 aliphatic carbocycles. The molecule has 0 unspecified atom stereocenters. The van der Waals surface area contributed by atoms with E-state index in [0.717, 1.165) is 23.9 Å². The van der Waals surface area contributed by atoms with Gasteiger partial charge in [0.1, 0.15) is 11.6 Å². The average molecular weight is 258 g/mol. The molecule has 0 aliphatic rings. The van der Waals surface area contributed by atoms with E-state index < -0.39 is 0 Å². The molecule has 0 bridgehead atoms. The summed E-state index contributed by atoms with van der Waals surface area (Å²) in [5, 5.41) is 7.86. The quantitative estimate of drug-likeness (QED) is 0.920. The van der Waals surface area contributed by atoms with Crippen LogP contribution in [0, 0.1) is 13.8 Å². The van der Waals surface area contributed by atoms with Crippen LogP contribution < -0.4 is 5.32 Å². The monoisotopic (exact) mass is 258 g/mol. The molecule has 0 saturated heterocycles. The molecule has 2 rings (SSSR count). The third-order valence-electron chi connectivity index (χ3n) is 2.88.